The van der Waals surface area contributed by atoms with Crippen LogP contribution >= 0.6 is 0 Å². The maximum Gasteiger partial charge on any atom is 0.251 e. The Bertz CT molecular complexity index is 684. The van der Waals surface area contributed by atoms with Gasteiger partial charge in [0.25, 0.3) is 5.91 Å². The quantitative estimate of drug-likeness (QED) is 0.849. The third-order valence-electron chi connectivity index (χ3n) is 5.16. The van der Waals surface area contributed by atoms with E-state index < -0.39 is 0 Å². The molecule has 1 heterocycles. The average Bonchev–Trinajstić information content (AvgIpc) is 3.26. The first kappa shape index (κ1) is 17.0. The fourth-order valence-electron chi connectivity index (χ4n) is 3.62. The standard InChI is InChI=1S/C19H28N4O/c1-3-22(4-2)12-11-20-19(24)15-9-10-18-17(13-15)21-14-23(18)16-7-5-6-8-16/h9-10,13-14,16H,3-8,11-12H2,1-2H3,(H,20,24). The number of rotatable bonds is 7. The first-order valence-electron chi connectivity index (χ1n) is 9.20. The lowest BCUT2D eigenvalue weighted by atomic mass is 10.1. The van der Waals surface area contributed by atoms with E-state index in [9.17, 15) is 4.79 Å². The average molecular weight is 328 g/mol. The molecule has 130 valence electrons. The van der Waals surface area contributed by atoms with Crippen LogP contribution in [0.3, 0.4) is 0 Å². The molecule has 0 saturated heterocycles. The van der Waals surface area contributed by atoms with Gasteiger partial charge in [-0.2, -0.15) is 0 Å². The second kappa shape index (κ2) is 7.79. The molecule has 1 aromatic carbocycles. The Hall–Kier alpha value is -1.88. The maximum absolute atomic E-state index is 12.3. The van der Waals surface area contributed by atoms with E-state index in [4.69, 9.17) is 0 Å². The molecular formula is C19H28N4O. The lowest BCUT2D eigenvalue weighted by molar-refractivity contribution is 0.0949. The summed E-state index contributed by atoms with van der Waals surface area (Å²) in [7, 11) is 0. The molecule has 0 atom stereocenters. The van der Waals surface area contributed by atoms with Gasteiger partial charge in [-0.3, -0.25) is 4.79 Å². The second-order valence-corrected chi connectivity index (χ2v) is 6.58. The van der Waals surface area contributed by atoms with E-state index >= 15 is 0 Å². The number of carbonyl (C=O) groups excluding carboxylic acids is 1. The number of hydrogen-bond donors (Lipinski definition) is 1. The molecule has 0 aliphatic heterocycles. The molecular weight excluding hydrogens is 300 g/mol. The highest BCUT2D eigenvalue weighted by Crippen LogP contribution is 2.32. The van der Waals surface area contributed by atoms with E-state index in [1.54, 1.807) is 0 Å². The molecule has 1 aliphatic rings. The van der Waals surface area contributed by atoms with Crippen LogP contribution in [-0.2, 0) is 0 Å². The number of hydrogen-bond acceptors (Lipinski definition) is 3. The molecule has 24 heavy (non-hydrogen) atoms. The Labute approximate surface area is 144 Å². The van der Waals surface area contributed by atoms with Gasteiger partial charge >= 0.3 is 0 Å². The molecule has 5 nitrogen and oxygen atoms in total. The molecule has 0 bridgehead atoms. The molecule has 0 spiro atoms. The molecule has 1 fully saturated rings. The summed E-state index contributed by atoms with van der Waals surface area (Å²) in [6, 6.07) is 6.44. The molecule has 3 rings (SSSR count). The summed E-state index contributed by atoms with van der Waals surface area (Å²) >= 11 is 0. The summed E-state index contributed by atoms with van der Waals surface area (Å²) < 4.78 is 2.28. The van der Waals surface area contributed by atoms with Crippen LogP contribution in [0, 0.1) is 0 Å². The first-order chi connectivity index (χ1) is 11.7. The zero-order valence-electron chi connectivity index (χ0n) is 14.8. The number of nitrogens with zero attached hydrogens (tertiary/aromatic N) is 3. The third kappa shape index (κ3) is 3.61. The van der Waals surface area contributed by atoms with Crippen molar-refractivity contribution in [3.05, 3.63) is 30.1 Å². The Balaban J connectivity index is 1.66. The number of likely N-dealkylation sites (N-methyl/N-ethyl adjacent to an activating group) is 1. The molecule has 1 aliphatic carbocycles. The van der Waals surface area contributed by atoms with Crippen LogP contribution in [-0.4, -0.2) is 46.5 Å². The zero-order valence-corrected chi connectivity index (χ0v) is 14.8. The van der Waals surface area contributed by atoms with Gasteiger partial charge in [-0.05, 0) is 44.1 Å². The van der Waals surface area contributed by atoms with Gasteiger partial charge in [0.05, 0.1) is 17.4 Å². The number of carbonyl (C=O) groups is 1. The zero-order chi connectivity index (χ0) is 16.9. The number of amides is 1. The lowest BCUT2D eigenvalue weighted by Crippen LogP contribution is -2.34. The summed E-state index contributed by atoms with van der Waals surface area (Å²) in [6.45, 7) is 7.86. The van der Waals surface area contributed by atoms with Crippen LogP contribution in [0.4, 0.5) is 0 Å². The van der Waals surface area contributed by atoms with Crippen LogP contribution in [0.15, 0.2) is 24.5 Å². The van der Waals surface area contributed by atoms with Crippen molar-refractivity contribution in [1.82, 2.24) is 19.8 Å². The topological polar surface area (TPSA) is 50.2 Å². The van der Waals surface area contributed by atoms with Crippen molar-refractivity contribution >= 4 is 16.9 Å². The van der Waals surface area contributed by atoms with Crippen molar-refractivity contribution < 1.29 is 4.79 Å². The van der Waals surface area contributed by atoms with Crippen LogP contribution in [0.5, 0.6) is 0 Å². The third-order valence-corrected chi connectivity index (χ3v) is 5.16. The lowest BCUT2D eigenvalue weighted by Gasteiger charge is -2.18. The summed E-state index contributed by atoms with van der Waals surface area (Å²) in [5.41, 5.74) is 2.75. The van der Waals surface area contributed by atoms with Gasteiger partial charge in [-0.15, -0.1) is 0 Å². The monoisotopic (exact) mass is 328 g/mol. The van der Waals surface area contributed by atoms with E-state index in [1.807, 2.05) is 24.5 Å². The second-order valence-electron chi connectivity index (χ2n) is 6.58. The predicted octanol–water partition coefficient (Wildman–Crippen LogP) is 3.22. The maximum atomic E-state index is 12.3. The SMILES string of the molecule is CCN(CC)CCNC(=O)c1ccc2c(c1)ncn2C1CCCC1. The normalized spacial score (nSPS) is 15.5. The molecule has 2 aromatic rings. The van der Waals surface area contributed by atoms with Gasteiger partial charge in [0.2, 0.25) is 0 Å². The minimum absolute atomic E-state index is 0.0144. The Morgan fingerprint density at radius 3 is 2.75 bits per heavy atom. The van der Waals surface area contributed by atoms with Crippen molar-refractivity contribution in [3.63, 3.8) is 0 Å². The van der Waals surface area contributed by atoms with E-state index in [0.29, 0.717) is 18.2 Å². The molecule has 0 unspecified atom stereocenters. The number of imidazole rings is 1. The van der Waals surface area contributed by atoms with Crippen molar-refractivity contribution in [2.45, 2.75) is 45.6 Å². The van der Waals surface area contributed by atoms with Crippen molar-refractivity contribution in [2.24, 2.45) is 0 Å². The molecule has 0 radical (unpaired) electrons. The molecule has 5 heteroatoms. The van der Waals surface area contributed by atoms with Crippen molar-refractivity contribution in [2.75, 3.05) is 26.2 Å². The highest BCUT2D eigenvalue weighted by atomic mass is 16.1. The summed E-state index contributed by atoms with van der Waals surface area (Å²) in [5, 5.41) is 3.01. The highest BCUT2D eigenvalue weighted by Gasteiger charge is 2.19. The minimum atomic E-state index is -0.0144. The van der Waals surface area contributed by atoms with E-state index in [0.717, 1.165) is 30.7 Å². The fraction of sp³-hybridized carbons (Fsp3) is 0.579. The summed E-state index contributed by atoms with van der Waals surface area (Å²) in [4.78, 5) is 19.2. The summed E-state index contributed by atoms with van der Waals surface area (Å²) in [5.74, 6) is -0.0144. The Morgan fingerprint density at radius 1 is 1.29 bits per heavy atom. The molecule has 1 amide bonds. The largest absolute Gasteiger partial charge is 0.351 e. The number of nitrogens with one attached hydrogen (secondary N) is 1. The van der Waals surface area contributed by atoms with E-state index in [-0.39, 0.29) is 5.91 Å². The highest BCUT2D eigenvalue weighted by molar-refractivity contribution is 5.97. The number of aromatic nitrogens is 2. The van der Waals surface area contributed by atoms with Gasteiger partial charge in [0.15, 0.2) is 0 Å². The molecule has 1 saturated carbocycles. The van der Waals surface area contributed by atoms with Crippen molar-refractivity contribution in [1.29, 1.82) is 0 Å². The van der Waals surface area contributed by atoms with E-state index in [1.165, 1.54) is 25.7 Å². The van der Waals surface area contributed by atoms with Crippen LogP contribution in [0.25, 0.3) is 11.0 Å². The minimum Gasteiger partial charge on any atom is -0.351 e. The van der Waals surface area contributed by atoms with Gasteiger partial charge < -0.3 is 14.8 Å². The fourth-order valence-corrected chi connectivity index (χ4v) is 3.62. The van der Waals surface area contributed by atoms with Gasteiger partial charge in [-0.1, -0.05) is 26.7 Å². The summed E-state index contributed by atoms with van der Waals surface area (Å²) in [6.07, 6.45) is 7.01. The number of benzene rings is 1. The molecule has 1 aromatic heterocycles. The van der Waals surface area contributed by atoms with Crippen LogP contribution in [0.2, 0.25) is 0 Å². The van der Waals surface area contributed by atoms with Crippen LogP contribution in [0.1, 0.15) is 55.9 Å². The van der Waals surface area contributed by atoms with Crippen molar-refractivity contribution in [3.8, 4) is 0 Å². The first-order valence-corrected chi connectivity index (χ1v) is 9.20. The Morgan fingerprint density at radius 2 is 2.04 bits per heavy atom. The Kier molecular flexibility index (Phi) is 5.51. The van der Waals surface area contributed by atoms with Crippen LogP contribution < -0.4 is 5.32 Å². The van der Waals surface area contributed by atoms with Gasteiger partial charge in [-0.25, -0.2) is 4.98 Å². The smallest absolute Gasteiger partial charge is 0.251 e. The van der Waals surface area contributed by atoms with E-state index in [2.05, 4.69) is 33.6 Å². The predicted molar refractivity (Wildman–Crippen MR) is 97.4 cm³/mol. The van der Waals surface area contributed by atoms with Gasteiger partial charge in [0, 0.05) is 24.7 Å². The number of fused-ring (bicyclic) bond motifs is 1. The molecule has 1 N–H and O–H groups in total. The van der Waals surface area contributed by atoms with Gasteiger partial charge in [0.1, 0.15) is 0 Å².